The molecule has 11 heteroatoms. The number of rotatable bonds is 11. The molecule has 0 bridgehead atoms. The molecule has 2 heterocycles. The molecule has 0 saturated carbocycles. The highest BCUT2D eigenvalue weighted by Crippen LogP contribution is 2.26. The van der Waals surface area contributed by atoms with Crippen LogP contribution in [0.1, 0.15) is 22.4 Å². The minimum atomic E-state index is -2.49. The van der Waals surface area contributed by atoms with Crippen LogP contribution < -0.4 is 10.6 Å². The normalized spacial score (nSPS) is 13.2. The van der Waals surface area contributed by atoms with Crippen molar-refractivity contribution in [1.29, 1.82) is 0 Å². The van der Waals surface area contributed by atoms with Crippen molar-refractivity contribution < 1.29 is 22.9 Å². The molecule has 0 saturated heterocycles. The van der Waals surface area contributed by atoms with Crippen LogP contribution in [0.3, 0.4) is 0 Å². The van der Waals surface area contributed by atoms with Crippen molar-refractivity contribution in [1.82, 2.24) is 25.4 Å². The Labute approximate surface area is 214 Å². The largest absolute Gasteiger partial charge is 0.376 e. The van der Waals surface area contributed by atoms with Gasteiger partial charge in [0, 0.05) is 50.4 Å². The third kappa shape index (κ3) is 6.41. The Morgan fingerprint density at radius 2 is 1.84 bits per heavy atom. The second kappa shape index (κ2) is 11.7. The van der Waals surface area contributed by atoms with Gasteiger partial charge in [0.2, 0.25) is 5.91 Å². The molecule has 1 aromatic heterocycles. The number of amides is 2. The molecule has 3 aromatic rings. The van der Waals surface area contributed by atoms with Crippen molar-refractivity contribution >= 4 is 28.5 Å². The molecule has 9 nitrogen and oxygen atoms in total. The van der Waals surface area contributed by atoms with E-state index in [-0.39, 0.29) is 38.0 Å². The van der Waals surface area contributed by atoms with Gasteiger partial charge in [-0.2, -0.15) is 0 Å². The first-order chi connectivity index (χ1) is 17.7. The first-order valence-electron chi connectivity index (χ1n) is 12.2. The number of aryl methyl sites for hydroxylation is 2. The summed E-state index contributed by atoms with van der Waals surface area (Å²) in [6.07, 6.45) is -2.49. The van der Waals surface area contributed by atoms with Crippen LogP contribution in [0.2, 0.25) is 0 Å². The van der Waals surface area contributed by atoms with Crippen LogP contribution >= 0.6 is 0 Å². The maximum atomic E-state index is 13.1. The number of hydrogen-bond acceptors (Lipinski definition) is 7. The predicted molar refractivity (Wildman–Crippen MR) is 136 cm³/mol. The quantitative estimate of drug-likeness (QED) is 0.380. The van der Waals surface area contributed by atoms with Crippen LogP contribution in [0.15, 0.2) is 40.9 Å². The number of alkyl halides is 2. The number of carbonyl (C=O) groups excluding carboxylic acids is 2. The summed E-state index contributed by atoms with van der Waals surface area (Å²) in [5, 5.41) is 14.1. The van der Waals surface area contributed by atoms with E-state index in [1.807, 2.05) is 49.2 Å². The van der Waals surface area contributed by atoms with E-state index in [0.29, 0.717) is 24.4 Å². The maximum Gasteiger partial charge on any atom is 0.256 e. The van der Waals surface area contributed by atoms with Crippen molar-refractivity contribution in [2.24, 2.45) is 0 Å². The van der Waals surface area contributed by atoms with Gasteiger partial charge >= 0.3 is 0 Å². The van der Waals surface area contributed by atoms with Gasteiger partial charge in [0.15, 0.2) is 5.58 Å². The summed E-state index contributed by atoms with van der Waals surface area (Å²) in [6.45, 7) is 4.53. The lowest BCUT2D eigenvalue weighted by atomic mass is 10.1. The lowest BCUT2D eigenvalue weighted by Gasteiger charge is -2.31. The molecule has 0 aliphatic carbocycles. The number of anilines is 1. The zero-order valence-corrected chi connectivity index (χ0v) is 21.3. The summed E-state index contributed by atoms with van der Waals surface area (Å²) in [7, 11) is 1.68. The lowest BCUT2D eigenvalue weighted by Crippen LogP contribution is -2.49. The molecule has 2 aromatic carbocycles. The number of carbonyl (C=O) groups is 2. The number of halogens is 2. The van der Waals surface area contributed by atoms with Gasteiger partial charge in [0.25, 0.3) is 12.3 Å². The van der Waals surface area contributed by atoms with Crippen molar-refractivity contribution in [3.63, 3.8) is 0 Å². The average molecular weight is 515 g/mol. The molecule has 37 heavy (non-hydrogen) atoms. The second-order valence-electron chi connectivity index (χ2n) is 9.20. The maximum absolute atomic E-state index is 13.1. The number of benzene rings is 2. The molecule has 2 amide bonds. The number of hydrogen-bond donors (Lipinski definition) is 2. The van der Waals surface area contributed by atoms with Gasteiger partial charge in [-0.3, -0.25) is 14.6 Å². The van der Waals surface area contributed by atoms with E-state index in [1.54, 1.807) is 13.1 Å². The van der Waals surface area contributed by atoms with Crippen molar-refractivity contribution in [2.45, 2.75) is 33.4 Å². The highest BCUT2D eigenvalue weighted by molar-refractivity contribution is 5.88. The first-order valence-corrected chi connectivity index (χ1v) is 12.2. The number of fused-ring (bicyclic) bond motifs is 2. The SMILES string of the molecule is Cc1cc2c(C)noc2cc1NCC(=O)N(CCNCC(F)F)CC(=O)N(C)N1Cc2ccccc2C1. The molecule has 4 rings (SSSR count). The summed E-state index contributed by atoms with van der Waals surface area (Å²) in [4.78, 5) is 27.7. The number of aromatic nitrogens is 1. The van der Waals surface area contributed by atoms with Crippen molar-refractivity contribution in [3.8, 4) is 0 Å². The molecule has 1 aliphatic rings. The average Bonchev–Trinajstić information content (AvgIpc) is 3.46. The van der Waals surface area contributed by atoms with Gasteiger partial charge in [-0.05, 0) is 36.6 Å². The molecule has 0 atom stereocenters. The van der Waals surface area contributed by atoms with E-state index in [0.717, 1.165) is 27.8 Å². The Hall–Kier alpha value is -3.57. The minimum absolute atomic E-state index is 0.0690. The van der Waals surface area contributed by atoms with Gasteiger partial charge in [-0.25, -0.2) is 13.8 Å². The van der Waals surface area contributed by atoms with Gasteiger partial charge in [0.1, 0.15) is 6.54 Å². The topological polar surface area (TPSA) is 93.9 Å². The van der Waals surface area contributed by atoms with Crippen molar-refractivity contribution in [2.75, 3.05) is 45.1 Å². The molecule has 0 fully saturated rings. The molecular formula is C26H32F2N6O3. The summed E-state index contributed by atoms with van der Waals surface area (Å²) in [5.74, 6) is -0.580. The van der Waals surface area contributed by atoms with Crippen molar-refractivity contribution in [3.05, 3.63) is 58.8 Å². The fraction of sp³-hybridized carbons (Fsp3) is 0.423. The van der Waals surface area contributed by atoms with E-state index < -0.39 is 13.0 Å². The van der Waals surface area contributed by atoms with E-state index in [2.05, 4.69) is 15.8 Å². The monoisotopic (exact) mass is 514 g/mol. The molecule has 1 aliphatic heterocycles. The summed E-state index contributed by atoms with van der Waals surface area (Å²) >= 11 is 0. The van der Waals surface area contributed by atoms with E-state index >= 15 is 0 Å². The predicted octanol–water partition coefficient (Wildman–Crippen LogP) is 2.93. The molecule has 0 spiro atoms. The Morgan fingerprint density at radius 1 is 1.14 bits per heavy atom. The number of likely N-dealkylation sites (N-methyl/N-ethyl adjacent to an activating group) is 1. The molecule has 0 unspecified atom stereocenters. The number of hydrazine groups is 1. The standard InChI is InChI=1S/C26H32F2N6O3/c1-17-10-21-18(2)31-37-23(21)11-22(17)30-13-25(35)33(9-8-29-12-24(27)28)16-26(36)32(3)34-14-19-6-4-5-7-20(19)15-34/h4-7,10-11,24,29-30H,8-9,12-16H2,1-3H3. The van der Waals surface area contributed by atoms with E-state index in [4.69, 9.17) is 4.52 Å². The van der Waals surface area contributed by atoms with Crippen LogP contribution in [-0.2, 0) is 22.7 Å². The third-order valence-corrected chi connectivity index (χ3v) is 6.57. The summed E-state index contributed by atoms with van der Waals surface area (Å²) in [6, 6.07) is 11.7. The Balaban J connectivity index is 1.39. The lowest BCUT2D eigenvalue weighted by molar-refractivity contribution is -0.151. The van der Waals surface area contributed by atoms with Crippen LogP contribution in [-0.4, -0.2) is 78.1 Å². The summed E-state index contributed by atoms with van der Waals surface area (Å²) < 4.78 is 30.4. The first kappa shape index (κ1) is 26.5. The molecular weight excluding hydrogens is 482 g/mol. The zero-order valence-electron chi connectivity index (χ0n) is 21.3. The second-order valence-corrected chi connectivity index (χ2v) is 9.20. The van der Waals surface area contributed by atoms with E-state index in [9.17, 15) is 18.4 Å². The smallest absolute Gasteiger partial charge is 0.256 e. The third-order valence-electron chi connectivity index (χ3n) is 6.57. The number of nitrogens with one attached hydrogen (secondary N) is 2. The van der Waals surface area contributed by atoms with Gasteiger partial charge in [-0.15, -0.1) is 0 Å². The highest BCUT2D eigenvalue weighted by atomic mass is 19.3. The fourth-order valence-electron chi connectivity index (χ4n) is 4.35. The van der Waals surface area contributed by atoms with E-state index in [1.165, 1.54) is 9.91 Å². The van der Waals surface area contributed by atoms with Gasteiger partial charge in [0.05, 0.1) is 18.8 Å². The molecule has 2 N–H and O–H groups in total. The van der Waals surface area contributed by atoms with Crippen LogP contribution in [0, 0.1) is 13.8 Å². The molecule has 198 valence electrons. The van der Waals surface area contributed by atoms with Crippen LogP contribution in [0.5, 0.6) is 0 Å². The Kier molecular flexibility index (Phi) is 8.34. The van der Waals surface area contributed by atoms with Gasteiger partial charge in [-0.1, -0.05) is 29.4 Å². The number of nitrogens with zero attached hydrogens (tertiary/aromatic N) is 4. The fourth-order valence-corrected chi connectivity index (χ4v) is 4.35. The summed E-state index contributed by atoms with van der Waals surface area (Å²) in [5.41, 5.74) is 5.34. The highest BCUT2D eigenvalue weighted by Gasteiger charge is 2.27. The minimum Gasteiger partial charge on any atom is -0.376 e. The van der Waals surface area contributed by atoms with Crippen LogP contribution in [0.4, 0.5) is 14.5 Å². The molecule has 0 radical (unpaired) electrons. The Morgan fingerprint density at radius 3 is 2.51 bits per heavy atom. The Bertz CT molecular complexity index is 1240. The zero-order chi connectivity index (χ0) is 26.5. The van der Waals surface area contributed by atoms with Crippen LogP contribution in [0.25, 0.3) is 11.0 Å². The van der Waals surface area contributed by atoms with Gasteiger partial charge < -0.3 is 20.1 Å².